The lowest BCUT2D eigenvalue weighted by molar-refractivity contribution is 0.367. The number of hydrogen-bond donors (Lipinski definition) is 1. The molecular formula is C20H13BrCl2N4O. The summed E-state index contributed by atoms with van der Waals surface area (Å²) < 4.78 is 8.47. The second-order valence-corrected chi connectivity index (χ2v) is 8.04. The van der Waals surface area contributed by atoms with Gasteiger partial charge in [-0.05, 0) is 48.9 Å². The Morgan fingerprint density at radius 3 is 2.57 bits per heavy atom. The summed E-state index contributed by atoms with van der Waals surface area (Å²) in [6.45, 7) is 1.87. The number of allylic oxidation sites excluding steroid dienone is 1. The molecule has 0 amide bonds. The normalized spacial score (nSPS) is 15.8. The monoisotopic (exact) mass is 474 g/mol. The van der Waals surface area contributed by atoms with Crippen LogP contribution in [-0.2, 0) is 0 Å². The van der Waals surface area contributed by atoms with Gasteiger partial charge in [0.05, 0.1) is 22.9 Å². The fourth-order valence-electron chi connectivity index (χ4n) is 3.32. The fraction of sp³-hybridized carbons (Fsp3) is 0.100. The van der Waals surface area contributed by atoms with E-state index in [0.717, 1.165) is 15.7 Å². The molecule has 0 radical (unpaired) electrons. The van der Waals surface area contributed by atoms with Crippen LogP contribution in [0.25, 0.3) is 5.69 Å². The van der Waals surface area contributed by atoms with Crippen LogP contribution in [-0.4, -0.2) is 9.78 Å². The van der Waals surface area contributed by atoms with Crippen molar-refractivity contribution < 1.29 is 4.74 Å². The summed E-state index contributed by atoms with van der Waals surface area (Å²) in [6, 6.07) is 15.0. The van der Waals surface area contributed by atoms with E-state index in [4.69, 9.17) is 33.7 Å². The zero-order valence-electron chi connectivity index (χ0n) is 14.6. The molecule has 5 nitrogen and oxygen atoms in total. The maximum Gasteiger partial charge on any atom is 0.229 e. The van der Waals surface area contributed by atoms with Gasteiger partial charge in [0.15, 0.2) is 0 Å². The third kappa shape index (κ3) is 3.06. The number of ether oxygens (including phenoxy) is 1. The van der Waals surface area contributed by atoms with Crippen molar-refractivity contribution in [3.05, 3.63) is 85.3 Å². The molecule has 8 heteroatoms. The second-order valence-electron chi connectivity index (χ2n) is 6.28. The van der Waals surface area contributed by atoms with E-state index in [1.165, 1.54) is 0 Å². The lowest BCUT2D eigenvalue weighted by atomic mass is 9.84. The molecule has 2 aromatic carbocycles. The maximum atomic E-state index is 9.74. The predicted molar refractivity (Wildman–Crippen MR) is 112 cm³/mol. The van der Waals surface area contributed by atoms with Gasteiger partial charge >= 0.3 is 0 Å². The molecule has 1 aromatic heterocycles. The third-order valence-corrected chi connectivity index (χ3v) is 5.67. The van der Waals surface area contributed by atoms with Gasteiger partial charge in [0.1, 0.15) is 11.6 Å². The van der Waals surface area contributed by atoms with Crippen molar-refractivity contribution in [2.75, 3.05) is 0 Å². The number of rotatable bonds is 2. The molecule has 0 saturated heterocycles. The highest BCUT2D eigenvalue weighted by molar-refractivity contribution is 9.10. The molecule has 1 atom stereocenters. The highest BCUT2D eigenvalue weighted by Crippen LogP contribution is 2.46. The van der Waals surface area contributed by atoms with Gasteiger partial charge in [-0.25, -0.2) is 4.68 Å². The van der Waals surface area contributed by atoms with Gasteiger partial charge in [0, 0.05) is 14.5 Å². The topological polar surface area (TPSA) is 76.9 Å². The zero-order chi connectivity index (χ0) is 20.0. The Labute approximate surface area is 180 Å². The Morgan fingerprint density at radius 2 is 1.93 bits per heavy atom. The molecule has 1 unspecified atom stereocenters. The summed E-state index contributed by atoms with van der Waals surface area (Å²) in [4.78, 5) is 0. The van der Waals surface area contributed by atoms with Crippen LogP contribution in [0.2, 0.25) is 10.0 Å². The summed E-state index contributed by atoms with van der Waals surface area (Å²) in [6.07, 6.45) is 0. The molecule has 0 bridgehead atoms. The molecule has 0 fully saturated rings. The van der Waals surface area contributed by atoms with Crippen LogP contribution >= 0.6 is 39.1 Å². The van der Waals surface area contributed by atoms with Crippen LogP contribution in [0.3, 0.4) is 0 Å². The first-order valence-electron chi connectivity index (χ1n) is 8.28. The van der Waals surface area contributed by atoms with Gasteiger partial charge in [-0.15, -0.1) is 0 Å². The number of halogens is 3. The van der Waals surface area contributed by atoms with Crippen molar-refractivity contribution in [3.63, 3.8) is 0 Å². The van der Waals surface area contributed by atoms with Gasteiger partial charge in [0.2, 0.25) is 11.8 Å². The van der Waals surface area contributed by atoms with Crippen LogP contribution in [0.1, 0.15) is 22.7 Å². The average molecular weight is 476 g/mol. The second kappa shape index (κ2) is 7.17. The molecule has 1 aliphatic heterocycles. The van der Waals surface area contributed by atoms with E-state index in [-0.39, 0.29) is 11.5 Å². The summed E-state index contributed by atoms with van der Waals surface area (Å²) in [7, 11) is 0. The van der Waals surface area contributed by atoms with Gasteiger partial charge in [-0.1, -0.05) is 45.2 Å². The summed E-state index contributed by atoms with van der Waals surface area (Å²) in [5, 5.41) is 15.3. The number of aromatic nitrogens is 2. The van der Waals surface area contributed by atoms with Gasteiger partial charge in [0.25, 0.3) is 0 Å². The first kappa shape index (κ1) is 18.9. The Kier molecular flexibility index (Phi) is 4.84. The van der Waals surface area contributed by atoms with E-state index in [1.54, 1.807) is 22.9 Å². The molecule has 2 N–H and O–H groups in total. The standard InChI is InChI=1S/C20H13BrCl2N4O/c1-10-17-18(14-7-4-12(22)8-16(14)23)15(9-24)19(25)28-20(17)27(26-10)13-5-2-11(21)3-6-13/h2-8,18H,25H2,1H3. The SMILES string of the molecule is Cc1nn(-c2ccc(Br)cc2)c2c1C(c1ccc(Cl)cc1Cl)C(C#N)=C(N)O2. The van der Waals surface area contributed by atoms with Crippen LogP contribution in [0.5, 0.6) is 5.88 Å². The largest absolute Gasteiger partial charge is 0.422 e. The number of nitrogens with zero attached hydrogens (tertiary/aromatic N) is 3. The summed E-state index contributed by atoms with van der Waals surface area (Å²) >= 11 is 15.9. The number of nitrogens with two attached hydrogens (primary N) is 1. The van der Waals surface area contributed by atoms with Crippen molar-refractivity contribution in [1.82, 2.24) is 9.78 Å². The van der Waals surface area contributed by atoms with Gasteiger partial charge in [-0.3, -0.25) is 0 Å². The van der Waals surface area contributed by atoms with Crippen molar-refractivity contribution in [2.45, 2.75) is 12.8 Å². The van der Waals surface area contributed by atoms with E-state index in [2.05, 4.69) is 27.1 Å². The molecule has 140 valence electrons. The minimum Gasteiger partial charge on any atom is -0.422 e. The highest BCUT2D eigenvalue weighted by Gasteiger charge is 2.37. The van der Waals surface area contributed by atoms with E-state index in [9.17, 15) is 5.26 Å². The van der Waals surface area contributed by atoms with E-state index in [0.29, 0.717) is 27.2 Å². The molecule has 1 aliphatic rings. The number of nitriles is 1. The smallest absolute Gasteiger partial charge is 0.229 e. The third-order valence-electron chi connectivity index (χ3n) is 4.58. The van der Waals surface area contributed by atoms with Gasteiger partial charge < -0.3 is 10.5 Å². The lowest BCUT2D eigenvalue weighted by Crippen LogP contribution is -2.22. The van der Waals surface area contributed by atoms with E-state index < -0.39 is 5.92 Å². The van der Waals surface area contributed by atoms with Crippen molar-refractivity contribution in [3.8, 4) is 17.6 Å². The average Bonchev–Trinajstić information content (AvgIpc) is 2.98. The quantitative estimate of drug-likeness (QED) is 0.533. The number of aryl methyl sites for hydroxylation is 1. The molecular weight excluding hydrogens is 463 g/mol. The molecule has 2 heterocycles. The fourth-order valence-corrected chi connectivity index (χ4v) is 4.10. The Hall–Kier alpha value is -2.46. The number of hydrogen-bond acceptors (Lipinski definition) is 4. The molecule has 0 aliphatic carbocycles. The minimum absolute atomic E-state index is 0.0317. The van der Waals surface area contributed by atoms with Crippen molar-refractivity contribution in [2.24, 2.45) is 5.73 Å². The first-order valence-corrected chi connectivity index (χ1v) is 9.83. The molecule has 3 aromatic rings. The summed E-state index contributed by atoms with van der Waals surface area (Å²) in [5.41, 5.74) is 9.39. The maximum absolute atomic E-state index is 9.74. The molecule has 0 spiro atoms. The van der Waals surface area contributed by atoms with Gasteiger partial charge in [-0.2, -0.15) is 10.4 Å². The van der Waals surface area contributed by atoms with Crippen LogP contribution < -0.4 is 10.5 Å². The minimum atomic E-state index is -0.497. The van der Waals surface area contributed by atoms with E-state index in [1.807, 2.05) is 31.2 Å². The van der Waals surface area contributed by atoms with E-state index >= 15 is 0 Å². The number of benzene rings is 2. The Balaban J connectivity index is 1.96. The zero-order valence-corrected chi connectivity index (χ0v) is 17.7. The van der Waals surface area contributed by atoms with Crippen molar-refractivity contribution in [1.29, 1.82) is 5.26 Å². The van der Waals surface area contributed by atoms with Crippen molar-refractivity contribution >= 4 is 39.1 Å². The lowest BCUT2D eigenvalue weighted by Gasteiger charge is -2.25. The summed E-state index contributed by atoms with van der Waals surface area (Å²) in [5.74, 6) is -0.000618. The highest BCUT2D eigenvalue weighted by atomic mass is 79.9. The predicted octanol–water partition coefficient (Wildman–Crippen LogP) is 5.47. The molecule has 4 rings (SSSR count). The van der Waals surface area contributed by atoms with Crippen LogP contribution in [0, 0.1) is 18.3 Å². The Morgan fingerprint density at radius 1 is 1.21 bits per heavy atom. The molecule has 0 saturated carbocycles. The Bertz CT molecular complexity index is 1160. The first-order chi connectivity index (χ1) is 13.4. The molecule has 28 heavy (non-hydrogen) atoms. The van der Waals surface area contributed by atoms with Crippen LogP contribution in [0.15, 0.2) is 58.4 Å². The van der Waals surface area contributed by atoms with Crippen LogP contribution in [0.4, 0.5) is 0 Å². The number of fused-ring (bicyclic) bond motifs is 1.